The van der Waals surface area contributed by atoms with Gasteiger partial charge in [-0.15, -0.1) is 0 Å². The van der Waals surface area contributed by atoms with Crippen molar-refractivity contribution < 1.29 is 14.4 Å². The van der Waals surface area contributed by atoms with Crippen LogP contribution in [-0.4, -0.2) is 16.2 Å². The summed E-state index contributed by atoms with van der Waals surface area (Å²) >= 11 is 0. The smallest absolute Gasteiger partial charge is 0.358 e. The second-order valence-corrected chi connectivity index (χ2v) is 3.81. The van der Waals surface area contributed by atoms with Gasteiger partial charge in [-0.2, -0.15) is 0 Å². The van der Waals surface area contributed by atoms with Gasteiger partial charge in [0.25, 0.3) is 0 Å². The third-order valence-electron chi connectivity index (χ3n) is 2.89. The molecule has 0 aromatic carbocycles. The largest absolute Gasteiger partial charge is 0.476 e. The molecule has 0 radical (unpaired) electrons. The molecule has 0 spiro atoms. The zero-order valence-corrected chi connectivity index (χ0v) is 8.12. The van der Waals surface area contributed by atoms with Crippen LogP contribution in [0.3, 0.4) is 0 Å². The van der Waals surface area contributed by atoms with Crippen molar-refractivity contribution in [1.29, 1.82) is 0 Å². The number of hydrogen-bond donors (Lipinski definition) is 1. The molecule has 1 heterocycles. The van der Waals surface area contributed by atoms with E-state index in [1.165, 1.54) is 12.8 Å². The van der Waals surface area contributed by atoms with Gasteiger partial charge in [0.1, 0.15) is 5.76 Å². The van der Waals surface area contributed by atoms with Gasteiger partial charge in [-0.1, -0.05) is 18.0 Å². The molecule has 0 saturated heterocycles. The Hall–Kier alpha value is -1.32. The van der Waals surface area contributed by atoms with Gasteiger partial charge in [0.15, 0.2) is 5.69 Å². The molecular formula is C10H13NO3. The Morgan fingerprint density at radius 1 is 1.50 bits per heavy atom. The van der Waals surface area contributed by atoms with Crippen molar-refractivity contribution in [1.82, 2.24) is 5.16 Å². The lowest BCUT2D eigenvalue weighted by atomic mass is 10.0. The Kier molecular flexibility index (Phi) is 2.27. The monoisotopic (exact) mass is 195 g/mol. The number of nitrogens with zero attached hydrogens (tertiary/aromatic N) is 1. The van der Waals surface area contributed by atoms with Gasteiger partial charge in [0.05, 0.1) is 0 Å². The van der Waals surface area contributed by atoms with Gasteiger partial charge in [-0.05, 0) is 19.8 Å². The summed E-state index contributed by atoms with van der Waals surface area (Å²) in [5, 5.41) is 12.4. The average molecular weight is 195 g/mol. The number of hydrogen-bond acceptors (Lipinski definition) is 3. The molecule has 4 nitrogen and oxygen atoms in total. The van der Waals surface area contributed by atoms with E-state index >= 15 is 0 Å². The summed E-state index contributed by atoms with van der Waals surface area (Å²) in [4.78, 5) is 10.7. The molecule has 1 N–H and O–H groups in total. The standard InChI is InChI=1S/C10H13NO3/c1-6-8(10(12)13)11-14-9(6)7-4-2-3-5-7/h7H,2-5H2,1H3,(H,12,13). The summed E-state index contributed by atoms with van der Waals surface area (Å²) < 4.78 is 5.11. The summed E-state index contributed by atoms with van der Waals surface area (Å²) in [5.74, 6) is 0.158. The molecule has 0 aliphatic heterocycles. The molecule has 14 heavy (non-hydrogen) atoms. The predicted molar refractivity (Wildman–Crippen MR) is 49.4 cm³/mol. The highest BCUT2D eigenvalue weighted by atomic mass is 16.5. The van der Waals surface area contributed by atoms with Crippen LogP contribution in [-0.2, 0) is 0 Å². The molecule has 1 fully saturated rings. The lowest BCUT2D eigenvalue weighted by molar-refractivity contribution is 0.0685. The first kappa shape index (κ1) is 9.24. The first-order chi connectivity index (χ1) is 6.70. The van der Waals surface area contributed by atoms with E-state index in [1.54, 1.807) is 6.92 Å². The fourth-order valence-corrected chi connectivity index (χ4v) is 2.12. The maximum absolute atomic E-state index is 10.7. The van der Waals surface area contributed by atoms with E-state index in [4.69, 9.17) is 9.63 Å². The Balaban J connectivity index is 2.30. The summed E-state index contributed by atoms with van der Waals surface area (Å²) in [6, 6.07) is 0. The van der Waals surface area contributed by atoms with Crippen molar-refractivity contribution in [3.8, 4) is 0 Å². The Bertz CT molecular complexity index is 350. The summed E-state index contributed by atoms with van der Waals surface area (Å²) in [7, 11) is 0. The second kappa shape index (κ2) is 3.44. The fourth-order valence-electron chi connectivity index (χ4n) is 2.12. The topological polar surface area (TPSA) is 63.3 Å². The maximum atomic E-state index is 10.7. The second-order valence-electron chi connectivity index (χ2n) is 3.81. The van der Waals surface area contributed by atoms with Crippen molar-refractivity contribution in [3.05, 3.63) is 17.0 Å². The van der Waals surface area contributed by atoms with Crippen LogP contribution in [0.25, 0.3) is 0 Å². The fraction of sp³-hybridized carbons (Fsp3) is 0.600. The molecule has 1 saturated carbocycles. The molecule has 0 amide bonds. The van der Waals surface area contributed by atoms with Crippen molar-refractivity contribution in [3.63, 3.8) is 0 Å². The van der Waals surface area contributed by atoms with E-state index in [2.05, 4.69) is 5.16 Å². The van der Waals surface area contributed by atoms with Crippen LogP contribution in [0.5, 0.6) is 0 Å². The zero-order valence-electron chi connectivity index (χ0n) is 8.12. The number of carboxylic acids is 1. The number of rotatable bonds is 2. The van der Waals surface area contributed by atoms with Gasteiger partial charge in [0.2, 0.25) is 0 Å². The molecule has 1 aliphatic carbocycles. The highest BCUT2D eigenvalue weighted by molar-refractivity contribution is 5.87. The van der Waals surface area contributed by atoms with Crippen LogP contribution < -0.4 is 0 Å². The molecule has 1 aliphatic rings. The number of aromatic carboxylic acids is 1. The molecule has 0 atom stereocenters. The number of carboxylic acid groups (broad SMARTS) is 1. The Morgan fingerprint density at radius 3 is 2.64 bits per heavy atom. The quantitative estimate of drug-likeness (QED) is 0.786. The molecular weight excluding hydrogens is 182 g/mol. The highest BCUT2D eigenvalue weighted by Gasteiger charge is 2.26. The van der Waals surface area contributed by atoms with Gasteiger partial charge in [-0.3, -0.25) is 0 Å². The lowest BCUT2D eigenvalue weighted by Crippen LogP contribution is -2.00. The molecule has 0 unspecified atom stereocenters. The summed E-state index contributed by atoms with van der Waals surface area (Å²) in [6.45, 7) is 1.77. The third-order valence-corrected chi connectivity index (χ3v) is 2.89. The molecule has 1 aromatic heterocycles. The van der Waals surface area contributed by atoms with Crippen LogP contribution >= 0.6 is 0 Å². The van der Waals surface area contributed by atoms with E-state index < -0.39 is 5.97 Å². The zero-order chi connectivity index (χ0) is 10.1. The molecule has 76 valence electrons. The lowest BCUT2D eigenvalue weighted by Gasteiger charge is -2.03. The number of aromatic nitrogens is 1. The maximum Gasteiger partial charge on any atom is 0.358 e. The summed E-state index contributed by atoms with van der Waals surface area (Å²) in [5.41, 5.74) is 0.760. The van der Waals surface area contributed by atoms with Crippen molar-refractivity contribution >= 4 is 5.97 Å². The van der Waals surface area contributed by atoms with Gasteiger partial charge in [-0.25, -0.2) is 4.79 Å². The van der Waals surface area contributed by atoms with E-state index in [0.29, 0.717) is 11.5 Å². The average Bonchev–Trinajstić information content (AvgIpc) is 2.71. The van der Waals surface area contributed by atoms with E-state index in [9.17, 15) is 4.79 Å². The van der Waals surface area contributed by atoms with Gasteiger partial charge < -0.3 is 9.63 Å². The van der Waals surface area contributed by atoms with Gasteiger partial charge in [0, 0.05) is 11.5 Å². The first-order valence-electron chi connectivity index (χ1n) is 4.89. The SMILES string of the molecule is Cc1c(C(=O)O)noc1C1CCCC1. The normalized spacial score (nSPS) is 17.5. The predicted octanol–water partition coefficient (Wildman–Crippen LogP) is 2.34. The Morgan fingerprint density at radius 2 is 2.14 bits per heavy atom. The van der Waals surface area contributed by atoms with Crippen LogP contribution in [0, 0.1) is 6.92 Å². The van der Waals surface area contributed by atoms with Crippen LogP contribution in [0.15, 0.2) is 4.52 Å². The minimum absolute atomic E-state index is 0.0619. The van der Waals surface area contributed by atoms with Crippen molar-refractivity contribution in [2.24, 2.45) is 0 Å². The van der Waals surface area contributed by atoms with Crippen molar-refractivity contribution in [2.75, 3.05) is 0 Å². The highest BCUT2D eigenvalue weighted by Crippen LogP contribution is 2.36. The first-order valence-corrected chi connectivity index (χ1v) is 4.89. The molecule has 1 aromatic rings. The summed E-state index contributed by atoms with van der Waals surface area (Å²) in [6.07, 6.45) is 4.59. The van der Waals surface area contributed by atoms with E-state index in [-0.39, 0.29) is 5.69 Å². The minimum atomic E-state index is -1.00. The van der Waals surface area contributed by atoms with E-state index in [0.717, 1.165) is 18.6 Å². The molecule has 2 rings (SSSR count). The van der Waals surface area contributed by atoms with Crippen LogP contribution in [0.2, 0.25) is 0 Å². The van der Waals surface area contributed by atoms with Crippen LogP contribution in [0.1, 0.15) is 53.4 Å². The molecule has 0 bridgehead atoms. The minimum Gasteiger partial charge on any atom is -0.476 e. The number of carbonyl (C=O) groups is 1. The van der Waals surface area contributed by atoms with Crippen LogP contribution in [0.4, 0.5) is 0 Å². The van der Waals surface area contributed by atoms with E-state index in [1.807, 2.05) is 0 Å². The molecule has 4 heteroatoms. The van der Waals surface area contributed by atoms with Gasteiger partial charge >= 0.3 is 5.97 Å². The Labute approximate surface area is 81.9 Å². The third kappa shape index (κ3) is 1.41. The van der Waals surface area contributed by atoms with Crippen molar-refractivity contribution in [2.45, 2.75) is 38.5 Å².